The van der Waals surface area contributed by atoms with E-state index in [9.17, 15) is 14.9 Å². The molecular formula is C20H21N3O4S. The van der Waals surface area contributed by atoms with Crippen molar-refractivity contribution >= 4 is 28.9 Å². The molecule has 2 heterocycles. The molecule has 0 radical (unpaired) electrons. The average Bonchev–Trinajstić information content (AvgIpc) is 3.04. The highest BCUT2D eigenvalue weighted by Crippen LogP contribution is 2.12. The number of aromatic nitrogens is 1. The molecule has 1 aromatic carbocycles. The Morgan fingerprint density at radius 1 is 1.39 bits per heavy atom. The van der Waals surface area contributed by atoms with Crippen molar-refractivity contribution in [1.82, 2.24) is 9.47 Å². The van der Waals surface area contributed by atoms with Crippen LogP contribution in [-0.4, -0.2) is 48.8 Å². The molecule has 1 aliphatic heterocycles. The summed E-state index contributed by atoms with van der Waals surface area (Å²) in [6.07, 6.45) is 1.75. The molecule has 7 nitrogen and oxygen atoms in total. The molecule has 3 rings (SSSR count). The van der Waals surface area contributed by atoms with Crippen molar-refractivity contribution in [3.05, 3.63) is 49.4 Å². The largest absolute Gasteiger partial charge is 0.497 e. The molecule has 0 spiro atoms. The van der Waals surface area contributed by atoms with Crippen LogP contribution in [0.4, 0.5) is 0 Å². The molecule has 146 valence electrons. The minimum atomic E-state index is -0.359. The van der Waals surface area contributed by atoms with Crippen molar-refractivity contribution in [1.29, 1.82) is 5.26 Å². The van der Waals surface area contributed by atoms with Gasteiger partial charge in [-0.25, -0.2) is 0 Å². The number of amides is 1. The van der Waals surface area contributed by atoms with Gasteiger partial charge in [-0.15, -0.1) is 11.3 Å². The number of ether oxygens (including phenoxy) is 2. The van der Waals surface area contributed by atoms with Crippen molar-refractivity contribution in [3.63, 3.8) is 0 Å². The predicted octanol–water partition coefficient (Wildman–Crippen LogP) is 0.300. The molecule has 1 fully saturated rings. The first-order valence-corrected chi connectivity index (χ1v) is 9.77. The van der Waals surface area contributed by atoms with Gasteiger partial charge >= 0.3 is 0 Å². The number of benzene rings is 1. The lowest BCUT2D eigenvalue weighted by molar-refractivity contribution is -0.128. The molecule has 0 aliphatic carbocycles. The first-order chi connectivity index (χ1) is 13.6. The van der Waals surface area contributed by atoms with Gasteiger partial charge in [0.25, 0.3) is 11.5 Å². The summed E-state index contributed by atoms with van der Waals surface area (Å²) in [6.45, 7) is 3.97. The van der Waals surface area contributed by atoms with Gasteiger partial charge in [-0.2, -0.15) is 5.26 Å². The molecule has 2 aromatic rings. The first kappa shape index (κ1) is 19.9. The van der Waals surface area contributed by atoms with Crippen LogP contribution in [-0.2, 0) is 16.1 Å². The van der Waals surface area contributed by atoms with Crippen LogP contribution in [0.5, 0.6) is 5.75 Å². The highest BCUT2D eigenvalue weighted by atomic mass is 32.1. The molecule has 0 N–H and O–H groups in total. The monoisotopic (exact) mass is 399 g/mol. The maximum Gasteiger partial charge on any atom is 0.269 e. The number of nitriles is 1. The Kier molecular flexibility index (Phi) is 6.29. The molecule has 0 unspecified atom stereocenters. The van der Waals surface area contributed by atoms with E-state index in [1.165, 1.54) is 4.57 Å². The summed E-state index contributed by atoms with van der Waals surface area (Å²) in [6, 6.07) is 9.37. The quantitative estimate of drug-likeness (QED) is 0.738. The average molecular weight is 399 g/mol. The Bertz CT molecular complexity index is 1090. The third-order valence-corrected chi connectivity index (χ3v) is 5.58. The Hall–Kier alpha value is -2.89. The van der Waals surface area contributed by atoms with Gasteiger partial charge in [-0.1, -0.05) is 12.1 Å². The molecule has 1 amide bonds. The van der Waals surface area contributed by atoms with Crippen LogP contribution in [0.2, 0.25) is 0 Å². The number of hydrogen-bond acceptors (Lipinski definition) is 6. The second kappa shape index (κ2) is 8.87. The van der Waals surface area contributed by atoms with Crippen LogP contribution in [0.3, 0.4) is 0 Å². The number of rotatable bonds is 4. The zero-order valence-corrected chi connectivity index (χ0v) is 16.6. The minimum Gasteiger partial charge on any atom is -0.497 e. The smallest absolute Gasteiger partial charge is 0.269 e. The van der Waals surface area contributed by atoms with Crippen molar-refractivity contribution in [2.24, 2.45) is 0 Å². The lowest BCUT2D eigenvalue weighted by Crippen LogP contribution is -2.42. The van der Waals surface area contributed by atoms with Gasteiger partial charge in [0.1, 0.15) is 16.5 Å². The van der Waals surface area contributed by atoms with Crippen molar-refractivity contribution in [3.8, 4) is 11.8 Å². The summed E-state index contributed by atoms with van der Waals surface area (Å²) in [5.74, 6) is 0.329. The van der Waals surface area contributed by atoms with Crippen LogP contribution in [0.25, 0.3) is 11.6 Å². The third kappa shape index (κ3) is 4.01. The summed E-state index contributed by atoms with van der Waals surface area (Å²) in [5.41, 5.74) is 0.592. The third-order valence-electron chi connectivity index (χ3n) is 4.45. The lowest BCUT2D eigenvalue weighted by atomic mass is 10.2. The normalized spacial score (nSPS) is 15.9. The Labute approximate surface area is 166 Å². The van der Waals surface area contributed by atoms with Crippen LogP contribution < -0.4 is 19.5 Å². The topological polar surface area (TPSA) is 84.6 Å². The van der Waals surface area contributed by atoms with Crippen molar-refractivity contribution < 1.29 is 14.3 Å². The van der Waals surface area contributed by atoms with Crippen molar-refractivity contribution in [2.75, 3.05) is 33.4 Å². The van der Waals surface area contributed by atoms with Gasteiger partial charge in [0, 0.05) is 19.6 Å². The van der Waals surface area contributed by atoms with E-state index in [-0.39, 0.29) is 17.0 Å². The fourth-order valence-corrected chi connectivity index (χ4v) is 4.14. The van der Waals surface area contributed by atoms with Gasteiger partial charge in [0.05, 0.1) is 24.9 Å². The molecule has 8 heteroatoms. The number of thiazole rings is 1. The van der Waals surface area contributed by atoms with Crippen molar-refractivity contribution in [2.45, 2.75) is 13.5 Å². The van der Waals surface area contributed by atoms with E-state index in [1.807, 2.05) is 37.3 Å². The summed E-state index contributed by atoms with van der Waals surface area (Å²) in [4.78, 5) is 27.3. The lowest BCUT2D eigenvalue weighted by Gasteiger charge is -2.26. The summed E-state index contributed by atoms with van der Waals surface area (Å²) < 4.78 is 12.8. The number of carbonyl (C=O) groups is 1. The minimum absolute atomic E-state index is 0.00357. The van der Waals surface area contributed by atoms with E-state index in [1.54, 1.807) is 18.1 Å². The molecule has 1 saturated heterocycles. The molecule has 28 heavy (non-hydrogen) atoms. The van der Waals surface area contributed by atoms with Crippen LogP contribution in [0, 0.1) is 11.3 Å². The zero-order valence-electron chi connectivity index (χ0n) is 15.8. The van der Waals surface area contributed by atoms with Crippen LogP contribution >= 0.6 is 11.3 Å². The number of morpholine rings is 1. The molecular weight excluding hydrogens is 378 g/mol. The molecule has 1 aliphatic rings. The fourth-order valence-electron chi connectivity index (χ4n) is 2.99. The van der Waals surface area contributed by atoms with Gasteiger partial charge in [0.15, 0.2) is 5.57 Å². The SMILES string of the molecule is CCn1c(=C(C#N)C(=O)N2CCOCC2)sc(=Cc2cccc(OC)c2)c1=O. The zero-order chi connectivity index (χ0) is 20.1. The number of hydrogen-bond donors (Lipinski definition) is 0. The standard InChI is InChI=1S/C20H21N3O4S/c1-3-23-19(25)17(12-14-5-4-6-15(11-14)26-2)28-20(23)16(13-21)18(24)22-7-9-27-10-8-22/h4-6,11-12H,3,7-10H2,1-2H3. The number of nitrogens with zero attached hydrogens (tertiary/aromatic N) is 3. The fraction of sp³-hybridized carbons (Fsp3) is 0.350. The van der Waals surface area contributed by atoms with Crippen LogP contribution in [0.15, 0.2) is 29.1 Å². The number of methoxy groups -OCH3 is 1. The molecule has 0 atom stereocenters. The Balaban J connectivity index is 2.15. The maximum absolute atomic E-state index is 12.8. The Morgan fingerprint density at radius 3 is 2.79 bits per heavy atom. The van der Waals surface area contributed by atoms with E-state index in [2.05, 4.69) is 0 Å². The van der Waals surface area contributed by atoms with Gasteiger partial charge in [0.2, 0.25) is 0 Å². The van der Waals surface area contributed by atoms with E-state index in [4.69, 9.17) is 9.47 Å². The van der Waals surface area contributed by atoms with Gasteiger partial charge in [-0.05, 0) is 30.7 Å². The first-order valence-electron chi connectivity index (χ1n) is 8.96. The molecule has 1 aromatic heterocycles. The van der Waals surface area contributed by atoms with Crippen LogP contribution in [0.1, 0.15) is 12.5 Å². The second-order valence-electron chi connectivity index (χ2n) is 6.13. The number of carbonyl (C=O) groups excluding carboxylic acids is 1. The highest BCUT2D eigenvalue weighted by molar-refractivity contribution is 7.07. The van der Waals surface area contributed by atoms with E-state index >= 15 is 0 Å². The summed E-state index contributed by atoms with van der Waals surface area (Å²) >= 11 is 1.16. The summed E-state index contributed by atoms with van der Waals surface area (Å²) in [7, 11) is 1.58. The van der Waals surface area contributed by atoms with Gasteiger partial charge in [-0.3, -0.25) is 14.2 Å². The Morgan fingerprint density at radius 2 is 2.14 bits per heavy atom. The van der Waals surface area contributed by atoms with E-state index in [0.717, 1.165) is 16.9 Å². The predicted molar refractivity (Wildman–Crippen MR) is 106 cm³/mol. The molecule has 0 bridgehead atoms. The maximum atomic E-state index is 12.8. The van der Waals surface area contributed by atoms with E-state index in [0.29, 0.717) is 47.8 Å². The molecule has 0 saturated carbocycles. The summed E-state index contributed by atoms with van der Waals surface area (Å²) in [5, 5.41) is 9.66. The highest BCUT2D eigenvalue weighted by Gasteiger charge is 2.23. The second-order valence-corrected chi connectivity index (χ2v) is 7.16. The van der Waals surface area contributed by atoms with Gasteiger partial charge < -0.3 is 14.4 Å². The van der Waals surface area contributed by atoms with E-state index < -0.39 is 0 Å².